The summed E-state index contributed by atoms with van der Waals surface area (Å²) >= 11 is 0. The molecule has 108 valence electrons. The molecule has 0 radical (unpaired) electrons. The number of alkyl halides is 3. The summed E-state index contributed by atoms with van der Waals surface area (Å²) in [5.41, 5.74) is 6.56. The van der Waals surface area contributed by atoms with Gasteiger partial charge in [0.05, 0.1) is 19.1 Å². The van der Waals surface area contributed by atoms with Gasteiger partial charge in [0.25, 0.3) is 5.89 Å². The fourth-order valence-corrected chi connectivity index (χ4v) is 1.57. The number of nitrogen functional groups attached to an aromatic ring is 1. The summed E-state index contributed by atoms with van der Waals surface area (Å²) in [6.07, 6.45) is -5.59. The molecule has 0 aliphatic heterocycles. The van der Waals surface area contributed by atoms with Gasteiger partial charge in [-0.25, -0.2) is 0 Å². The Morgan fingerprint density at radius 2 is 2.10 bits per heavy atom. The highest BCUT2D eigenvalue weighted by atomic mass is 19.4. The van der Waals surface area contributed by atoms with Crippen molar-refractivity contribution in [3.8, 4) is 17.2 Å². The molecule has 1 aromatic carbocycles. The molecule has 0 saturated carbocycles. The van der Waals surface area contributed by atoms with E-state index >= 15 is 0 Å². The maximum atomic E-state index is 12.1. The maximum absolute atomic E-state index is 12.1. The minimum atomic E-state index is -4.25. The third kappa shape index (κ3) is 3.40. The molecule has 0 bridgehead atoms. The molecule has 0 unspecified atom stereocenters. The van der Waals surface area contributed by atoms with Crippen LogP contribution >= 0.6 is 0 Å². The Kier molecular flexibility index (Phi) is 3.82. The average Bonchev–Trinajstić information content (AvgIpc) is 2.85. The van der Waals surface area contributed by atoms with E-state index in [4.69, 9.17) is 15.0 Å². The Morgan fingerprint density at radius 1 is 1.35 bits per heavy atom. The number of hydrogen-bond acceptors (Lipinski definition) is 5. The molecule has 0 aliphatic carbocycles. The smallest absolute Gasteiger partial charge is 0.389 e. The molecule has 0 amide bonds. The first kappa shape index (κ1) is 14.2. The van der Waals surface area contributed by atoms with Crippen molar-refractivity contribution in [3.05, 3.63) is 24.0 Å². The number of anilines is 1. The number of rotatable bonds is 4. The number of halogens is 3. The van der Waals surface area contributed by atoms with Crippen LogP contribution in [0.4, 0.5) is 18.9 Å². The number of aromatic nitrogens is 2. The Labute approximate surface area is 112 Å². The van der Waals surface area contributed by atoms with Crippen LogP contribution in [0, 0.1) is 0 Å². The Morgan fingerprint density at radius 3 is 2.75 bits per heavy atom. The molecule has 1 aromatic heterocycles. The number of benzene rings is 1. The van der Waals surface area contributed by atoms with Crippen molar-refractivity contribution in [3.63, 3.8) is 0 Å². The van der Waals surface area contributed by atoms with Crippen molar-refractivity contribution in [2.45, 2.75) is 19.0 Å². The summed E-state index contributed by atoms with van der Waals surface area (Å²) < 4.78 is 46.3. The monoisotopic (exact) mass is 287 g/mol. The highest BCUT2D eigenvalue weighted by Gasteiger charge is 2.27. The predicted molar refractivity (Wildman–Crippen MR) is 65.1 cm³/mol. The zero-order valence-electron chi connectivity index (χ0n) is 10.6. The summed E-state index contributed by atoms with van der Waals surface area (Å²) in [5.74, 6) is 0.586. The molecule has 0 atom stereocenters. The van der Waals surface area contributed by atoms with Gasteiger partial charge in [-0.1, -0.05) is 5.16 Å². The number of ether oxygens (including phenoxy) is 1. The number of nitrogens with two attached hydrogens (primary N) is 1. The summed E-state index contributed by atoms with van der Waals surface area (Å²) in [5, 5.41) is 3.51. The van der Waals surface area contributed by atoms with E-state index in [1.54, 1.807) is 18.2 Å². The molecule has 8 heteroatoms. The van der Waals surface area contributed by atoms with Gasteiger partial charge in [0.2, 0.25) is 0 Å². The topological polar surface area (TPSA) is 74.2 Å². The van der Waals surface area contributed by atoms with Crippen molar-refractivity contribution in [2.24, 2.45) is 0 Å². The minimum Gasteiger partial charge on any atom is -0.497 e. The quantitative estimate of drug-likeness (QED) is 0.875. The zero-order valence-corrected chi connectivity index (χ0v) is 10.6. The van der Waals surface area contributed by atoms with Gasteiger partial charge in [0.15, 0.2) is 5.82 Å². The van der Waals surface area contributed by atoms with Gasteiger partial charge in [0, 0.05) is 12.1 Å². The van der Waals surface area contributed by atoms with Crippen molar-refractivity contribution in [1.29, 1.82) is 0 Å². The Bertz CT molecular complexity index is 596. The second-order valence-electron chi connectivity index (χ2n) is 4.08. The fourth-order valence-electron chi connectivity index (χ4n) is 1.57. The van der Waals surface area contributed by atoms with Crippen LogP contribution in [0.5, 0.6) is 5.75 Å². The largest absolute Gasteiger partial charge is 0.497 e. The van der Waals surface area contributed by atoms with E-state index in [0.717, 1.165) is 0 Å². The fraction of sp³-hybridized carbons (Fsp3) is 0.333. The van der Waals surface area contributed by atoms with Crippen LogP contribution in [0.15, 0.2) is 22.7 Å². The van der Waals surface area contributed by atoms with Crippen LogP contribution < -0.4 is 10.5 Å². The van der Waals surface area contributed by atoms with E-state index in [0.29, 0.717) is 17.0 Å². The molecule has 5 nitrogen and oxygen atoms in total. The van der Waals surface area contributed by atoms with Gasteiger partial charge < -0.3 is 15.0 Å². The van der Waals surface area contributed by atoms with Crippen LogP contribution in [0.25, 0.3) is 11.5 Å². The summed E-state index contributed by atoms with van der Waals surface area (Å²) in [7, 11) is 1.48. The molecular formula is C12H12F3N3O2. The molecule has 1 heterocycles. The molecule has 0 spiro atoms. The lowest BCUT2D eigenvalue weighted by atomic mass is 10.1. The molecule has 0 aliphatic rings. The average molecular weight is 287 g/mol. The summed E-state index contributed by atoms with van der Waals surface area (Å²) in [4.78, 5) is 3.91. The predicted octanol–water partition coefficient (Wildman–Crippen LogP) is 2.82. The molecule has 2 rings (SSSR count). The Hall–Kier alpha value is -2.25. The molecule has 20 heavy (non-hydrogen) atoms. The molecular weight excluding hydrogens is 275 g/mol. The molecule has 2 N–H and O–H groups in total. The number of nitrogens with zero attached hydrogens (tertiary/aromatic N) is 2. The Balaban J connectivity index is 2.20. The van der Waals surface area contributed by atoms with Crippen molar-refractivity contribution in [1.82, 2.24) is 10.1 Å². The van der Waals surface area contributed by atoms with E-state index in [2.05, 4.69) is 10.1 Å². The number of aryl methyl sites for hydroxylation is 1. The SMILES string of the molecule is COc1ccc(N)c(-c2nc(CCC(F)(F)F)no2)c1. The first-order valence-corrected chi connectivity index (χ1v) is 5.72. The van der Waals surface area contributed by atoms with Gasteiger partial charge in [-0.05, 0) is 18.2 Å². The lowest BCUT2D eigenvalue weighted by Crippen LogP contribution is -2.09. The van der Waals surface area contributed by atoms with E-state index in [1.807, 2.05) is 0 Å². The van der Waals surface area contributed by atoms with Gasteiger partial charge in [0.1, 0.15) is 5.75 Å². The van der Waals surface area contributed by atoms with Gasteiger partial charge in [-0.15, -0.1) is 0 Å². The zero-order chi connectivity index (χ0) is 14.8. The van der Waals surface area contributed by atoms with E-state index in [-0.39, 0.29) is 18.1 Å². The second-order valence-corrected chi connectivity index (χ2v) is 4.08. The van der Waals surface area contributed by atoms with Gasteiger partial charge in [-0.3, -0.25) is 0 Å². The van der Waals surface area contributed by atoms with Crippen LogP contribution in [0.1, 0.15) is 12.2 Å². The van der Waals surface area contributed by atoms with E-state index in [1.165, 1.54) is 7.11 Å². The normalized spacial score (nSPS) is 11.6. The van der Waals surface area contributed by atoms with Crippen molar-refractivity contribution < 1.29 is 22.4 Å². The third-order valence-corrected chi connectivity index (χ3v) is 2.59. The van der Waals surface area contributed by atoms with Crippen LogP contribution in [-0.4, -0.2) is 23.4 Å². The van der Waals surface area contributed by atoms with Crippen LogP contribution in [0.2, 0.25) is 0 Å². The summed E-state index contributed by atoms with van der Waals surface area (Å²) in [6, 6.07) is 4.82. The lowest BCUT2D eigenvalue weighted by Gasteiger charge is -2.04. The molecule has 0 saturated heterocycles. The third-order valence-electron chi connectivity index (χ3n) is 2.59. The number of methoxy groups -OCH3 is 1. The van der Waals surface area contributed by atoms with E-state index in [9.17, 15) is 13.2 Å². The number of hydrogen-bond donors (Lipinski definition) is 1. The van der Waals surface area contributed by atoms with Crippen molar-refractivity contribution >= 4 is 5.69 Å². The standard InChI is InChI=1S/C12H12F3N3O2/c1-19-7-2-3-9(16)8(6-7)11-17-10(18-20-11)4-5-12(13,14)15/h2-3,6H,4-5,16H2,1H3. The highest BCUT2D eigenvalue weighted by molar-refractivity contribution is 5.72. The van der Waals surface area contributed by atoms with Gasteiger partial charge in [-0.2, -0.15) is 18.2 Å². The van der Waals surface area contributed by atoms with Crippen LogP contribution in [0.3, 0.4) is 0 Å². The lowest BCUT2D eigenvalue weighted by molar-refractivity contribution is -0.134. The minimum absolute atomic E-state index is 0.0143. The van der Waals surface area contributed by atoms with Crippen molar-refractivity contribution in [2.75, 3.05) is 12.8 Å². The molecule has 0 fully saturated rings. The first-order valence-electron chi connectivity index (χ1n) is 5.72. The second kappa shape index (κ2) is 5.40. The first-order chi connectivity index (χ1) is 9.39. The van der Waals surface area contributed by atoms with Gasteiger partial charge >= 0.3 is 6.18 Å². The highest BCUT2D eigenvalue weighted by Crippen LogP contribution is 2.29. The summed E-state index contributed by atoms with van der Waals surface area (Å²) in [6.45, 7) is 0. The van der Waals surface area contributed by atoms with Crippen LogP contribution in [-0.2, 0) is 6.42 Å². The maximum Gasteiger partial charge on any atom is 0.389 e. The van der Waals surface area contributed by atoms with E-state index < -0.39 is 12.6 Å². The molecule has 2 aromatic rings.